The molecule has 0 radical (unpaired) electrons. The van der Waals surface area contributed by atoms with E-state index in [0.717, 1.165) is 25.7 Å². The summed E-state index contributed by atoms with van der Waals surface area (Å²) in [5.74, 6) is 0.332. The van der Waals surface area contributed by atoms with Crippen LogP contribution in [-0.2, 0) is 4.79 Å². The van der Waals surface area contributed by atoms with Gasteiger partial charge in [0.2, 0.25) is 5.91 Å². The average molecular weight is 341 g/mol. The molecule has 2 fully saturated rings. The van der Waals surface area contributed by atoms with E-state index in [1.54, 1.807) is 18.2 Å². The second kappa shape index (κ2) is 6.47. The van der Waals surface area contributed by atoms with E-state index in [2.05, 4.69) is 5.32 Å². The van der Waals surface area contributed by atoms with E-state index in [1.807, 2.05) is 4.90 Å². The molecule has 0 atom stereocenters. The molecule has 1 saturated heterocycles. The monoisotopic (exact) mass is 340 g/mol. The van der Waals surface area contributed by atoms with Gasteiger partial charge in [-0.2, -0.15) is 0 Å². The highest BCUT2D eigenvalue weighted by atomic mass is 35.5. The number of piperidine rings is 1. The van der Waals surface area contributed by atoms with Gasteiger partial charge in [0.1, 0.15) is 0 Å². The molecule has 1 aromatic carbocycles. The predicted octanol–water partition coefficient (Wildman–Crippen LogP) is 3.12. The van der Waals surface area contributed by atoms with Gasteiger partial charge in [-0.05, 0) is 43.9 Å². The Hall–Kier alpha value is -1.26. The lowest BCUT2D eigenvalue weighted by molar-refractivity contribution is -0.133. The van der Waals surface area contributed by atoms with Crippen molar-refractivity contribution < 1.29 is 9.59 Å². The van der Waals surface area contributed by atoms with Crippen LogP contribution in [0, 0.1) is 5.92 Å². The summed E-state index contributed by atoms with van der Waals surface area (Å²) in [6.07, 6.45) is 3.62. The van der Waals surface area contributed by atoms with E-state index in [0.29, 0.717) is 28.7 Å². The number of hydrogen-bond acceptors (Lipinski definition) is 2. The molecule has 1 aromatic rings. The van der Waals surface area contributed by atoms with Crippen LogP contribution in [0.15, 0.2) is 18.2 Å². The molecule has 1 saturated carbocycles. The Morgan fingerprint density at radius 3 is 2.41 bits per heavy atom. The minimum atomic E-state index is -0.209. The first kappa shape index (κ1) is 15.6. The fourth-order valence-electron chi connectivity index (χ4n) is 2.77. The average Bonchev–Trinajstić information content (AvgIpc) is 3.34. The van der Waals surface area contributed by atoms with Crippen molar-refractivity contribution in [1.82, 2.24) is 10.2 Å². The molecule has 6 heteroatoms. The first-order chi connectivity index (χ1) is 10.5. The number of likely N-dealkylation sites (tertiary alicyclic amines) is 1. The fraction of sp³-hybridized carbons (Fsp3) is 0.500. The molecule has 2 aliphatic rings. The van der Waals surface area contributed by atoms with Crippen molar-refractivity contribution in [2.75, 3.05) is 13.1 Å². The van der Waals surface area contributed by atoms with Crippen molar-refractivity contribution in [3.8, 4) is 0 Å². The van der Waals surface area contributed by atoms with E-state index in [9.17, 15) is 9.59 Å². The summed E-state index contributed by atoms with van der Waals surface area (Å²) in [5.41, 5.74) is 0.394. The molecule has 0 bridgehead atoms. The van der Waals surface area contributed by atoms with Crippen molar-refractivity contribution in [2.24, 2.45) is 5.92 Å². The fourth-order valence-corrected chi connectivity index (χ4v) is 3.14. The Labute approximate surface area is 139 Å². The van der Waals surface area contributed by atoms with Crippen LogP contribution in [0.2, 0.25) is 10.0 Å². The highest BCUT2D eigenvalue weighted by Gasteiger charge is 2.35. The zero-order valence-electron chi connectivity index (χ0n) is 12.1. The molecule has 0 unspecified atom stereocenters. The SMILES string of the molecule is O=C(NC1CCN(C(=O)C2CC2)CC1)c1cc(Cl)ccc1Cl. The van der Waals surface area contributed by atoms with Crippen LogP contribution in [0.3, 0.4) is 0 Å². The predicted molar refractivity (Wildman–Crippen MR) is 86.3 cm³/mol. The first-order valence-corrected chi connectivity index (χ1v) is 8.35. The summed E-state index contributed by atoms with van der Waals surface area (Å²) in [5, 5.41) is 3.86. The lowest BCUT2D eigenvalue weighted by Crippen LogP contribution is -2.47. The van der Waals surface area contributed by atoms with Crippen LogP contribution >= 0.6 is 23.2 Å². The maximum Gasteiger partial charge on any atom is 0.253 e. The number of carbonyl (C=O) groups is 2. The number of hydrogen-bond donors (Lipinski definition) is 1. The van der Waals surface area contributed by atoms with Gasteiger partial charge in [0.15, 0.2) is 0 Å². The van der Waals surface area contributed by atoms with Gasteiger partial charge in [-0.25, -0.2) is 0 Å². The second-order valence-corrected chi connectivity index (χ2v) is 6.82. The molecule has 4 nitrogen and oxygen atoms in total. The minimum absolute atomic E-state index is 0.0748. The molecule has 0 spiro atoms. The second-order valence-electron chi connectivity index (χ2n) is 5.97. The topological polar surface area (TPSA) is 49.4 Å². The van der Waals surface area contributed by atoms with E-state index in [-0.39, 0.29) is 23.8 Å². The molecule has 1 N–H and O–H groups in total. The summed E-state index contributed by atoms with van der Waals surface area (Å²) >= 11 is 12.0. The molecule has 2 amide bonds. The normalized spacial score (nSPS) is 19.1. The molecular weight excluding hydrogens is 323 g/mol. The third-order valence-electron chi connectivity index (χ3n) is 4.24. The Morgan fingerprint density at radius 2 is 1.77 bits per heavy atom. The third-order valence-corrected chi connectivity index (χ3v) is 4.81. The van der Waals surface area contributed by atoms with Gasteiger partial charge < -0.3 is 10.2 Å². The highest BCUT2D eigenvalue weighted by Crippen LogP contribution is 2.32. The number of nitrogens with zero attached hydrogens (tertiary/aromatic N) is 1. The zero-order chi connectivity index (χ0) is 15.7. The number of carbonyl (C=O) groups excluding carboxylic acids is 2. The zero-order valence-corrected chi connectivity index (χ0v) is 13.7. The smallest absolute Gasteiger partial charge is 0.253 e. The summed E-state index contributed by atoms with van der Waals surface area (Å²) in [7, 11) is 0. The Bertz CT molecular complexity index is 594. The number of nitrogens with one attached hydrogen (secondary N) is 1. The Balaban J connectivity index is 1.54. The van der Waals surface area contributed by atoms with Gasteiger partial charge in [-0.15, -0.1) is 0 Å². The van der Waals surface area contributed by atoms with Gasteiger partial charge in [-0.3, -0.25) is 9.59 Å². The van der Waals surface area contributed by atoms with Gasteiger partial charge >= 0.3 is 0 Å². The molecular formula is C16H18Cl2N2O2. The van der Waals surface area contributed by atoms with Gasteiger partial charge in [0.25, 0.3) is 5.91 Å². The van der Waals surface area contributed by atoms with Gasteiger partial charge in [0.05, 0.1) is 10.6 Å². The van der Waals surface area contributed by atoms with Crippen molar-refractivity contribution in [3.05, 3.63) is 33.8 Å². The van der Waals surface area contributed by atoms with Crippen molar-refractivity contribution >= 4 is 35.0 Å². The number of rotatable bonds is 3. The molecule has 1 heterocycles. The lowest BCUT2D eigenvalue weighted by Gasteiger charge is -2.32. The summed E-state index contributed by atoms with van der Waals surface area (Å²) in [6.45, 7) is 1.42. The quantitative estimate of drug-likeness (QED) is 0.918. The number of benzene rings is 1. The Morgan fingerprint density at radius 1 is 1.09 bits per heavy atom. The molecule has 22 heavy (non-hydrogen) atoms. The number of halogens is 2. The van der Waals surface area contributed by atoms with Crippen LogP contribution in [0.5, 0.6) is 0 Å². The van der Waals surface area contributed by atoms with E-state index < -0.39 is 0 Å². The van der Waals surface area contributed by atoms with Crippen LogP contribution in [-0.4, -0.2) is 35.8 Å². The maximum atomic E-state index is 12.3. The summed E-state index contributed by atoms with van der Waals surface area (Å²) in [6, 6.07) is 4.93. The first-order valence-electron chi connectivity index (χ1n) is 7.59. The van der Waals surface area contributed by atoms with Crippen LogP contribution in [0.1, 0.15) is 36.0 Å². The van der Waals surface area contributed by atoms with E-state index in [4.69, 9.17) is 23.2 Å². The number of amides is 2. The van der Waals surface area contributed by atoms with Gasteiger partial charge in [-0.1, -0.05) is 23.2 Å². The maximum absolute atomic E-state index is 12.3. The van der Waals surface area contributed by atoms with Crippen molar-refractivity contribution in [2.45, 2.75) is 31.7 Å². The highest BCUT2D eigenvalue weighted by molar-refractivity contribution is 6.35. The molecule has 3 rings (SSSR count). The standard InChI is InChI=1S/C16H18Cl2N2O2/c17-11-3-4-14(18)13(9-11)15(21)19-12-5-7-20(8-6-12)16(22)10-1-2-10/h3-4,9-10,12H,1-2,5-8H2,(H,19,21). The molecule has 1 aliphatic heterocycles. The summed E-state index contributed by atoms with van der Waals surface area (Å²) < 4.78 is 0. The van der Waals surface area contributed by atoms with E-state index in [1.165, 1.54) is 0 Å². The van der Waals surface area contributed by atoms with Crippen LogP contribution in [0.25, 0.3) is 0 Å². The largest absolute Gasteiger partial charge is 0.349 e. The lowest BCUT2D eigenvalue weighted by atomic mass is 10.0. The van der Waals surface area contributed by atoms with Crippen LogP contribution in [0.4, 0.5) is 0 Å². The van der Waals surface area contributed by atoms with Gasteiger partial charge in [0, 0.05) is 30.1 Å². The van der Waals surface area contributed by atoms with Crippen molar-refractivity contribution in [3.63, 3.8) is 0 Å². The van der Waals surface area contributed by atoms with E-state index >= 15 is 0 Å². The molecule has 0 aromatic heterocycles. The third kappa shape index (κ3) is 3.55. The molecule has 1 aliphatic carbocycles. The molecule has 118 valence electrons. The minimum Gasteiger partial charge on any atom is -0.349 e. The van der Waals surface area contributed by atoms with Crippen LogP contribution < -0.4 is 5.32 Å². The Kier molecular flexibility index (Phi) is 4.59. The summed E-state index contributed by atoms with van der Waals surface area (Å²) in [4.78, 5) is 26.2. The van der Waals surface area contributed by atoms with Crippen molar-refractivity contribution in [1.29, 1.82) is 0 Å².